The lowest BCUT2D eigenvalue weighted by molar-refractivity contribution is -0.147. The van der Waals surface area contributed by atoms with E-state index in [1.807, 2.05) is 60.7 Å². The van der Waals surface area contributed by atoms with E-state index in [9.17, 15) is 9.59 Å². The molecule has 0 aliphatic heterocycles. The van der Waals surface area contributed by atoms with Crippen molar-refractivity contribution in [3.05, 3.63) is 84.9 Å². The van der Waals surface area contributed by atoms with E-state index < -0.39 is 11.9 Å². The maximum absolute atomic E-state index is 11.9. The second-order valence-electron chi connectivity index (χ2n) is 6.05. The first-order chi connectivity index (χ1) is 14.2. The zero-order chi connectivity index (χ0) is 20.3. The van der Waals surface area contributed by atoms with Gasteiger partial charge in [0.15, 0.2) is 6.61 Å². The smallest absolute Gasteiger partial charge is 0.345 e. The highest BCUT2D eigenvalue weighted by Crippen LogP contribution is 2.22. The Morgan fingerprint density at radius 2 is 1.31 bits per heavy atom. The van der Waals surface area contributed by atoms with Crippen molar-refractivity contribution in [3.63, 3.8) is 0 Å². The first-order valence-electron chi connectivity index (χ1n) is 9.11. The number of hydrogen-bond donors (Lipinski definition) is 1. The number of carbonyl (C=O) groups is 2. The lowest BCUT2D eigenvalue weighted by Crippen LogP contribution is -2.30. The largest absolute Gasteiger partial charge is 0.482 e. The molecular weight excluding hydrogens is 370 g/mol. The SMILES string of the molecule is O=C(COc1ccccc1)OCNCC(=O)Oc1ccc(-c2ccccc2)cc1. The molecular formula is C23H21NO5. The van der Waals surface area contributed by atoms with Crippen LogP contribution in [0.1, 0.15) is 0 Å². The van der Waals surface area contributed by atoms with E-state index in [1.165, 1.54) is 0 Å². The quantitative estimate of drug-likeness (QED) is 0.261. The van der Waals surface area contributed by atoms with Crippen molar-refractivity contribution in [3.8, 4) is 22.6 Å². The molecule has 1 N–H and O–H groups in total. The zero-order valence-corrected chi connectivity index (χ0v) is 15.7. The Morgan fingerprint density at radius 1 is 0.690 bits per heavy atom. The molecule has 0 saturated heterocycles. The second-order valence-corrected chi connectivity index (χ2v) is 6.05. The van der Waals surface area contributed by atoms with Crippen molar-refractivity contribution in [1.29, 1.82) is 0 Å². The van der Waals surface area contributed by atoms with Crippen LogP contribution in [-0.2, 0) is 14.3 Å². The van der Waals surface area contributed by atoms with E-state index in [0.717, 1.165) is 11.1 Å². The van der Waals surface area contributed by atoms with Gasteiger partial charge in [-0.1, -0.05) is 60.7 Å². The lowest BCUT2D eigenvalue weighted by atomic mass is 10.1. The van der Waals surface area contributed by atoms with Gasteiger partial charge in [0.2, 0.25) is 0 Å². The van der Waals surface area contributed by atoms with Gasteiger partial charge in [-0.2, -0.15) is 0 Å². The van der Waals surface area contributed by atoms with Crippen LogP contribution in [0.3, 0.4) is 0 Å². The molecule has 148 valence electrons. The fourth-order valence-corrected chi connectivity index (χ4v) is 2.50. The Balaban J connectivity index is 1.33. The normalized spacial score (nSPS) is 10.2. The first kappa shape index (κ1) is 20.1. The topological polar surface area (TPSA) is 73.9 Å². The van der Waals surface area contributed by atoms with Gasteiger partial charge in [-0.05, 0) is 35.4 Å². The predicted molar refractivity (Wildman–Crippen MR) is 108 cm³/mol. The van der Waals surface area contributed by atoms with Gasteiger partial charge < -0.3 is 14.2 Å². The molecule has 0 radical (unpaired) electrons. The van der Waals surface area contributed by atoms with E-state index in [1.54, 1.807) is 24.3 Å². The minimum atomic E-state index is -0.536. The average Bonchev–Trinajstić information content (AvgIpc) is 2.77. The summed E-state index contributed by atoms with van der Waals surface area (Å²) >= 11 is 0. The fourth-order valence-electron chi connectivity index (χ4n) is 2.50. The summed E-state index contributed by atoms with van der Waals surface area (Å²) in [5, 5.41) is 2.70. The highest BCUT2D eigenvalue weighted by molar-refractivity contribution is 5.75. The molecule has 3 rings (SSSR count). The third kappa shape index (κ3) is 6.79. The minimum absolute atomic E-state index is 0.0900. The maximum atomic E-state index is 11.9. The molecule has 0 bridgehead atoms. The molecule has 0 aromatic heterocycles. The maximum Gasteiger partial charge on any atom is 0.345 e. The molecule has 0 aliphatic carbocycles. The highest BCUT2D eigenvalue weighted by Gasteiger charge is 2.07. The number of para-hydroxylation sites is 1. The van der Waals surface area contributed by atoms with Gasteiger partial charge in [0, 0.05) is 0 Å². The van der Waals surface area contributed by atoms with Gasteiger partial charge in [-0.25, -0.2) is 4.79 Å². The molecule has 3 aromatic carbocycles. The van der Waals surface area contributed by atoms with Crippen LogP contribution in [-0.4, -0.2) is 31.8 Å². The molecule has 0 spiro atoms. The van der Waals surface area contributed by atoms with Crippen LogP contribution in [0, 0.1) is 0 Å². The summed E-state index contributed by atoms with van der Waals surface area (Å²) in [4.78, 5) is 23.5. The van der Waals surface area contributed by atoms with Crippen molar-refractivity contribution >= 4 is 11.9 Å². The van der Waals surface area contributed by atoms with Crippen LogP contribution < -0.4 is 14.8 Å². The van der Waals surface area contributed by atoms with E-state index in [-0.39, 0.29) is 19.9 Å². The van der Waals surface area contributed by atoms with Gasteiger partial charge >= 0.3 is 11.9 Å². The molecule has 3 aromatic rings. The average molecular weight is 391 g/mol. The van der Waals surface area contributed by atoms with E-state index in [0.29, 0.717) is 11.5 Å². The third-order valence-corrected chi connectivity index (χ3v) is 3.90. The predicted octanol–water partition coefficient (Wildman–Crippen LogP) is 3.43. The van der Waals surface area contributed by atoms with E-state index in [2.05, 4.69) is 5.32 Å². The number of carbonyl (C=O) groups excluding carboxylic acids is 2. The molecule has 0 unspecified atom stereocenters. The molecule has 0 heterocycles. The second kappa shape index (κ2) is 10.6. The molecule has 0 atom stereocenters. The van der Waals surface area contributed by atoms with Crippen LogP contribution in [0.25, 0.3) is 11.1 Å². The van der Waals surface area contributed by atoms with Crippen molar-refractivity contribution in [2.45, 2.75) is 0 Å². The Bertz CT molecular complexity index is 911. The van der Waals surface area contributed by atoms with Gasteiger partial charge in [-0.3, -0.25) is 10.1 Å². The molecule has 0 amide bonds. The fraction of sp³-hybridized carbons (Fsp3) is 0.130. The van der Waals surface area contributed by atoms with Crippen molar-refractivity contribution in [2.24, 2.45) is 0 Å². The summed E-state index contributed by atoms with van der Waals surface area (Å²) < 4.78 is 15.5. The third-order valence-electron chi connectivity index (χ3n) is 3.90. The van der Waals surface area contributed by atoms with Crippen molar-refractivity contribution in [1.82, 2.24) is 5.32 Å². The van der Waals surface area contributed by atoms with Gasteiger partial charge in [0.1, 0.15) is 18.2 Å². The Hall–Kier alpha value is -3.64. The summed E-state index contributed by atoms with van der Waals surface area (Å²) in [7, 11) is 0. The van der Waals surface area contributed by atoms with Crippen LogP contribution in [0.4, 0.5) is 0 Å². The monoisotopic (exact) mass is 391 g/mol. The van der Waals surface area contributed by atoms with Gasteiger partial charge in [0.05, 0.1) is 6.54 Å². The minimum Gasteiger partial charge on any atom is -0.482 e. The van der Waals surface area contributed by atoms with Crippen LogP contribution in [0.5, 0.6) is 11.5 Å². The molecule has 29 heavy (non-hydrogen) atoms. The Kier molecular flexibility index (Phi) is 7.37. The first-order valence-corrected chi connectivity index (χ1v) is 9.11. The summed E-state index contributed by atoms with van der Waals surface area (Å²) in [5.41, 5.74) is 2.12. The highest BCUT2D eigenvalue weighted by atomic mass is 16.6. The Morgan fingerprint density at radius 3 is 2.00 bits per heavy atom. The number of hydrogen-bond acceptors (Lipinski definition) is 6. The van der Waals surface area contributed by atoms with Gasteiger partial charge in [0.25, 0.3) is 0 Å². The zero-order valence-electron chi connectivity index (χ0n) is 15.7. The number of benzene rings is 3. The van der Waals surface area contributed by atoms with Gasteiger partial charge in [-0.15, -0.1) is 0 Å². The number of ether oxygens (including phenoxy) is 3. The van der Waals surface area contributed by atoms with Crippen LogP contribution >= 0.6 is 0 Å². The van der Waals surface area contributed by atoms with E-state index >= 15 is 0 Å². The summed E-state index contributed by atoms with van der Waals surface area (Å²) in [6.07, 6.45) is 0. The van der Waals surface area contributed by atoms with Crippen molar-refractivity contribution < 1.29 is 23.8 Å². The van der Waals surface area contributed by atoms with Crippen LogP contribution in [0.2, 0.25) is 0 Å². The number of esters is 2. The molecule has 0 aliphatic rings. The summed E-state index contributed by atoms with van der Waals surface area (Å²) in [6, 6.07) is 26.1. The molecule has 6 heteroatoms. The summed E-state index contributed by atoms with van der Waals surface area (Å²) in [5.74, 6) is 0.0178. The van der Waals surface area contributed by atoms with Crippen molar-refractivity contribution in [2.75, 3.05) is 19.9 Å². The number of rotatable bonds is 9. The standard InChI is InChI=1S/C23H21NO5/c25-22(15-24-17-28-23(26)16-27-20-9-5-2-6-10-20)29-21-13-11-19(12-14-21)18-7-3-1-4-8-18/h1-14,24H,15-17H2. The molecule has 0 fully saturated rings. The molecule has 0 saturated carbocycles. The lowest BCUT2D eigenvalue weighted by Gasteiger charge is -2.09. The van der Waals surface area contributed by atoms with E-state index in [4.69, 9.17) is 14.2 Å². The van der Waals surface area contributed by atoms with Crippen LogP contribution in [0.15, 0.2) is 84.9 Å². The number of nitrogens with one attached hydrogen (secondary N) is 1. The Labute approximate surface area is 169 Å². The molecule has 6 nitrogen and oxygen atoms in total. The summed E-state index contributed by atoms with van der Waals surface area (Å²) in [6.45, 7) is -0.407.